The standard InChI is InChI=1S/C18H19N5OS/c1-23-10-13(7-21-23)14-8-19-9-15(14)17(24)22-18-16(20-11-25-18)12-5-3-2-4-6-12/h2-7,10-11,14-15,19H,8-9H2,1H3,(H,22,24)/t14-,15+/m1/s1. The van der Waals surface area contributed by atoms with Crippen LogP contribution in [0.5, 0.6) is 0 Å². The van der Waals surface area contributed by atoms with E-state index in [4.69, 9.17) is 0 Å². The van der Waals surface area contributed by atoms with E-state index < -0.39 is 0 Å². The van der Waals surface area contributed by atoms with Crippen LogP contribution >= 0.6 is 11.3 Å². The fourth-order valence-electron chi connectivity index (χ4n) is 3.28. The monoisotopic (exact) mass is 353 g/mol. The lowest BCUT2D eigenvalue weighted by Crippen LogP contribution is -2.27. The number of aromatic nitrogens is 3. The van der Waals surface area contributed by atoms with E-state index in [9.17, 15) is 4.79 Å². The predicted molar refractivity (Wildman–Crippen MR) is 98.5 cm³/mol. The molecule has 0 aliphatic carbocycles. The van der Waals surface area contributed by atoms with Crippen molar-refractivity contribution in [2.45, 2.75) is 5.92 Å². The first kappa shape index (κ1) is 16.0. The summed E-state index contributed by atoms with van der Waals surface area (Å²) in [5.74, 6) is 0.0528. The number of amides is 1. The van der Waals surface area contributed by atoms with Gasteiger partial charge in [0, 0.05) is 37.8 Å². The van der Waals surface area contributed by atoms with Crippen LogP contribution in [0.4, 0.5) is 5.00 Å². The summed E-state index contributed by atoms with van der Waals surface area (Å²) in [5.41, 5.74) is 4.69. The number of anilines is 1. The van der Waals surface area contributed by atoms with Gasteiger partial charge < -0.3 is 10.6 Å². The highest BCUT2D eigenvalue weighted by Gasteiger charge is 2.35. The maximum absolute atomic E-state index is 12.9. The van der Waals surface area contributed by atoms with Crippen molar-refractivity contribution in [1.29, 1.82) is 0 Å². The van der Waals surface area contributed by atoms with Gasteiger partial charge in [-0.2, -0.15) is 5.10 Å². The van der Waals surface area contributed by atoms with Crippen LogP contribution in [-0.2, 0) is 11.8 Å². The van der Waals surface area contributed by atoms with E-state index >= 15 is 0 Å². The molecule has 1 fully saturated rings. The molecule has 0 spiro atoms. The third-order valence-corrected chi connectivity index (χ3v) is 5.30. The van der Waals surface area contributed by atoms with Crippen molar-refractivity contribution >= 4 is 22.2 Å². The number of benzene rings is 1. The van der Waals surface area contributed by atoms with Gasteiger partial charge in [-0.25, -0.2) is 4.98 Å². The van der Waals surface area contributed by atoms with Crippen molar-refractivity contribution in [2.24, 2.45) is 13.0 Å². The van der Waals surface area contributed by atoms with Crippen molar-refractivity contribution in [1.82, 2.24) is 20.1 Å². The Kier molecular flexibility index (Phi) is 4.33. The molecule has 128 valence electrons. The molecule has 1 amide bonds. The number of hydrogen-bond donors (Lipinski definition) is 2. The van der Waals surface area contributed by atoms with Gasteiger partial charge in [0.15, 0.2) is 0 Å². The summed E-state index contributed by atoms with van der Waals surface area (Å²) < 4.78 is 1.78. The zero-order chi connectivity index (χ0) is 17.2. The summed E-state index contributed by atoms with van der Waals surface area (Å²) in [6.45, 7) is 1.46. The van der Waals surface area contributed by atoms with Crippen molar-refractivity contribution in [2.75, 3.05) is 18.4 Å². The molecule has 4 rings (SSSR count). The summed E-state index contributed by atoms with van der Waals surface area (Å²) in [6, 6.07) is 9.91. The molecular weight excluding hydrogens is 334 g/mol. The van der Waals surface area contributed by atoms with E-state index in [0.29, 0.717) is 6.54 Å². The first-order chi connectivity index (χ1) is 12.2. The number of carbonyl (C=O) groups is 1. The van der Waals surface area contributed by atoms with Crippen LogP contribution in [0.2, 0.25) is 0 Å². The molecule has 1 aliphatic rings. The molecule has 0 unspecified atom stereocenters. The van der Waals surface area contributed by atoms with Crippen LogP contribution in [0.1, 0.15) is 11.5 Å². The molecule has 1 saturated heterocycles. The largest absolute Gasteiger partial charge is 0.316 e. The number of thiazole rings is 1. The van der Waals surface area contributed by atoms with Crippen molar-refractivity contribution < 1.29 is 4.79 Å². The normalized spacial score (nSPS) is 19.9. The topological polar surface area (TPSA) is 71.8 Å². The van der Waals surface area contributed by atoms with Gasteiger partial charge >= 0.3 is 0 Å². The molecule has 3 heterocycles. The lowest BCUT2D eigenvalue weighted by molar-refractivity contribution is -0.119. The Hall–Kier alpha value is -2.51. The van der Waals surface area contributed by atoms with E-state index in [1.165, 1.54) is 11.3 Å². The summed E-state index contributed by atoms with van der Waals surface area (Å²) in [6.07, 6.45) is 3.83. The lowest BCUT2D eigenvalue weighted by Gasteiger charge is -2.16. The maximum atomic E-state index is 12.9. The molecule has 1 aromatic carbocycles. The SMILES string of the molecule is Cn1cc([C@H]2CNC[C@@H]2C(=O)Nc2scnc2-c2ccccc2)cn1. The number of rotatable bonds is 4. The van der Waals surface area contributed by atoms with Gasteiger partial charge in [-0.1, -0.05) is 30.3 Å². The molecule has 7 heteroatoms. The summed E-state index contributed by atoms with van der Waals surface area (Å²) in [5, 5.41) is 11.4. The maximum Gasteiger partial charge on any atom is 0.230 e. The molecule has 2 atom stereocenters. The Bertz CT molecular complexity index is 872. The average Bonchev–Trinajstić information content (AvgIpc) is 3.35. The summed E-state index contributed by atoms with van der Waals surface area (Å²) >= 11 is 1.45. The van der Waals surface area contributed by atoms with Crippen LogP contribution in [0, 0.1) is 5.92 Å². The number of nitrogens with zero attached hydrogens (tertiary/aromatic N) is 3. The predicted octanol–water partition coefficient (Wildman–Crippen LogP) is 2.49. The fourth-order valence-corrected chi connectivity index (χ4v) is 3.98. The molecule has 0 bridgehead atoms. The van der Waals surface area contributed by atoms with Gasteiger partial charge in [0.1, 0.15) is 10.7 Å². The Balaban J connectivity index is 1.54. The van der Waals surface area contributed by atoms with E-state index in [1.807, 2.05) is 49.8 Å². The molecule has 1 aliphatic heterocycles. The van der Waals surface area contributed by atoms with Crippen molar-refractivity contribution in [3.05, 3.63) is 53.8 Å². The second-order valence-corrected chi connectivity index (χ2v) is 7.06. The van der Waals surface area contributed by atoms with Crippen LogP contribution < -0.4 is 10.6 Å². The molecule has 2 N–H and O–H groups in total. The molecule has 6 nitrogen and oxygen atoms in total. The van der Waals surface area contributed by atoms with E-state index in [-0.39, 0.29) is 17.7 Å². The minimum Gasteiger partial charge on any atom is -0.316 e. The van der Waals surface area contributed by atoms with Crippen LogP contribution in [-0.4, -0.2) is 33.8 Å². The Morgan fingerprint density at radius 1 is 1.32 bits per heavy atom. The minimum atomic E-state index is -0.116. The van der Waals surface area contributed by atoms with Gasteiger partial charge in [0.05, 0.1) is 17.6 Å². The molecule has 2 aromatic heterocycles. The van der Waals surface area contributed by atoms with Gasteiger partial charge in [0.25, 0.3) is 0 Å². The Morgan fingerprint density at radius 2 is 2.16 bits per heavy atom. The second-order valence-electron chi connectivity index (χ2n) is 6.20. The van der Waals surface area contributed by atoms with E-state index in [2.05, 4.69) is 20.7 Å². The number of hydrogen-bond acceptors (Lipinski definition) is 5. The van der Waals surface area contributed by atoms with E-state index in [0.717, 1.165) is 28.4 Å². The Morgan fingerprint density at radius 3 is 2.92 bits per heavy atom. The molecular formula is C18H19N5OS. The first-order valence-corrected chi connectivity index (χ1v) is 9.09. The van der Waals surface area contributed by atoms with Crippen LogP contribution in [0.15, 0.2) is 48.2 Å². The van der Waals surface area contributed by atoms with Gasteiger partial charge in [-0.15, -0.1) is 11.3 Å². The fraction of sp³-hybridized carbons (Fsp3) is 0.278. The highest BCUT2D eigenvalue weighted by Crippen LogP contribution is 2.33. The zero-order valence-corrected chi connectivity index (χ0v) is 14.7. The van der Waals surface area contributed by atoms with Crippen molar-refractivity contribution in [3.63, 3.8) is 0 Å². The van der Waals surface area contributed by atoms with Gasteiger partial charge in [-0.05, 0) is 5.56 Å². The van der Waals surface area contributed by atoms with Crippen molar-refractivity contribution in [3.8, 4) is 11.3 Å². The number of carbonyl (C=O) groups excluding carboxylic acids is 1. The van der Waals surface area contributed by atoms with Crippen LogP contribution in [0.25, 0.3) is 11.3 Å². The third kappa shape index (κ3) is 3.20. The molecule has 3 aromatic rings. The molecule has 25 heavy (non-hydrogen) atoms. The summed E-state index contributed by atoms with van der Waals surface area (Å²) in [7, 11) is 1.89. The average molecular weight is 353 g/mol. The lowest BCUT2D eigenvalue weighted by atomic mass is 9.90. The second kappa shape index (κ2) is 6.78. The highest BCUT2D eigenvalue weighted by atomic mass is 32.1. The quantitative estimate of drug-likeness (QED) is 0.756. The zero-order valence-electron chi connectivity index (χ0n) is 13.8. The summed E-state index contributed by atoms with van der Waals surface area (Å²) in [4.78, 5) is 17.3. The first-order valence-electron chi connectivity index (χ1n) is 8.21. The van der Waals surface area contributed by atoms with Gasteiger partial charge in [0.2, 0.25) is 5.91 Å². The van der Waals surface area contributed by atoms with Crippen LogP contribution in [0.3, 0.4) is 0 Å². The Labute approximate surface area is 149 Å². The smallest absolute Gasteiger partial charge is 0.230 e. The molecule has 0 radical (unpaired) electrons. The number of nitrogens with one attached hydrogen (secondary N) is 2. The molecule has 0 saturated carbocycles. The number of aryl methyl sites for hydroxylation is 1. The minimum absolute atomic E-state index is 0.0280. The van der Waals surface area contributed by atoms with Gasteiger partial charge in [-0.3, -0.25) is 9.48 Å². The van der Waals surface area contributed by atoms with E-state index in [1.54, 1.807) is 10.2 Å². The highest BCUT2D eigenvalue weighted by molar-refractivity contribution is 7.14. The third-order valence-electron chi connectivity index (χ3n) is 4.56.